The van der Waals surface area contributed by atoms with Gasteiger partial charge in [0.05, 0.1) is 5.54 Å². The van der Waals surface area contributed by atoms with Gasteiger partial charge in [0.25, 0.3) is 0 Å². The molecule has 16 heavy (non-hydrogen) atoms. The van der Waals surface area contributed by atoms with Gasteiger partial charge >= 0.3 is 6.03 Å². The number of benzene rings is 1. The van der Waals surface area contributed by atoms with Crippen molar-refractivity contribution in [2.75, 3.05) is 12.4 Å². The zero-order valence-corrected chi connectivity index (χ0v) is 10.7. The van der Waals surface area contributed by atoms with Crippen molar-refractivity contribution in [3.8, 4) is 0 Å². The first-order valence-corrected chi connectivity index (χ1v) is 5.68. The van der Waals surface area contributed by atoms with E-state index >= 15 is 0 Å². The van der Waals surface area contributed by atoms with Crippen LogP contribution in [0.1, 0.15) is 33.3 Å². The standard InChI is InChI=1S/C11H14N2O.C2H6/c1-11(2)8-6-4-5-7-9(8)12-10(14)13(11)3;1-2/h4-7H,1-3H3,(H,12,14);1-2H3. The topological polar surface area (TPSA) is 32.3 Å². The second-order valence-corrected chi connectivity index (χ2v) is 4.09. The van der Waals surface area contributed by atoms with Gasteiger partial charge in [0.1, 0.15) is 0 Å². The second-order valence-electron chi connectivity index (χ2n) is 4.09. The summed E-state index contributed by atoms with van der Waals surface area (Å²) in [6, 6.07) is 7.85. The van der Waals surface area contributed by atoms with E-state index in [0.717, 1.165) is 11.3 Å². The van der Waals surface area contributed by atoms with Gasteiger partial charge in [0.2, 0.25) is 0 Å². The van der Waals surface area contributed by atoms with Crippen LogP contribution >= 0.6 is 0 Å². The zero-order valence-electron chi connectivity index (χ0n) is 10.7. The van der Waals surface area contributed by atoms with Crippen LogP contribution in [0.3, 0.4) is 0 Å². The summed E-state index contributed by atoms with van der Waals surface area (Å²) in [6.07, 6.45) is 0. The van der Waals surface area contributed by atoms with E-state index in [-0.39, 0.29) is 11.6 Å². The Morgan fingerprint density at radius 2 is 1.75 bits per heavy atom. The van der Waals surface area contributed by atoms with Crippen molar-refractivity contribution in [2.24, 2.45) is 0 Å². The van der Waals surface area contributed by atoms with E-state index in [1.165, 1.54) is 0 Å². The third-order valence-corrected chi connectivity index (χ3v) is 2.97. The number of urea groups is 1. The Labute approximate surface area is 97.5 Å². The maximum Gasteiger partial charge on any atom is 0.322 e. The summed E-state index contributed by atoms with van der Waals surface area (Å²) in [5, 5.41) is 2.85. The van der Waals surface area contributed by atoms with Gasteiger partial charge in [-0.1, -0.05) is 32.0 Å². The average Bonchev–Trinajstić information content (AvgIpc) is 2.29. The number of hydrogen-bond donors (Lipinski definition) is 1. The summed E-state index contributed by atoms with van der Waals surface area (Å²) in [4.78, 5) is 13.3. The Kier molecular flexibility index (Phi) is 3.58. The summed E-state index contributed by atoms with van der Waals surface area (Å²) in [5.41, 5.74) is 1.83. The molecule has 2 rings (SSSR count). The largest absolute Gasteiger partial charge is 0.322 e. The van der Waals surface area contributed by atoms with E-state index in [0.29, 0.717) is 0 Å². The van der Waals surface area contributed by atoms with Gasteiger partial charge in [-0.2, -0.15) is 0 Å². The Balaban J connectivity index is 0.000000606. The first kappa shape index (κ1) is 12.6. The molecular weight excluding hydrogens is 200 g/mol. The van der Waals surface area contributed by atoms with Crippen molar-refractivity contribution < 1.29 is 4.79 Å². The molecule has 3 heteroatoms. The van der Waals surface area contributed by atoms with Crippen LogP contribution < -0.4 is 5.32 Å². The van der Waals surface area contributed by atoms with Gasteiger partial charge in [0, 0.05) is 18.3 Å². The first-order chi connectivity index (χ1) is 7.53. The molecule has 0 saturated carbocycles. The van der Waals surface area contributed by atoms with Crippen LogP contribution in [-0.2, 0) is 5.54 Å². The normalized spacial score (nSPS) is 16.8. The number of anilines is 1. The molecule has 0 aromatic heterocycles. The monoisotopic (exact) mass is 220 g/mol. The predicted octanol–water partition coefficient (Wildman–Crippen LogP) is 3.43. The molecule has 0 bridgehead atoms. The van der Waals surface area contributed by atoms with Crippen molar-refractivity contribution in [3.63, 3.8) is 0 Å². The molecule has 0 fully saturated rings. The Morgan fingerprint density at radius 3 is 2.38 bits per heavy atom. The van der Waals surface area contributed by atoms with Crippen molar-refractivity contribution in [1.82, 2.24) is 4.90 Å². The van der Waals surface area contributed by atoms with Crippen LogP contribution in [0.2, 0.25) is 0 Å². The molecule has 0 saturated heterocycles. The molecule has 3 nitrogen and oxygen atoms in total. The maximum absolute atomic E-state index is 11.6. The van der Waals surface area contributed by atoms with E-state index in [9.17, 15) is 4.79 Å². The molecule has 1 aromatic carbocycles. The van der Waals surface area contributed by atoms with Crippen LogP contribution in [0.5, 0.6) is 0 Å². The molecule has 0 aliphatic carbocycles. The summed E-state index contributed by atoms with van der Waals surface area (Å²) in [7, 11) is 1.81. The van der Waals surface area contributed by atoms with Crippen LogP contribution in [-0.4, -0.2) is 18.0 Å². The third-order valence-electron chi connectivity index (χ3n) is 2.97. The fourth-order valence-corrected chi connectivity index (χ4v) is 1.76. The Morgan fingerprint density at radius 1 is 1.19 bits per heavy atom. The molecular formula is C13H20N2O. The molecule has 0 atom stereocenters. The molecule has 1 aromatic rings. The fraction of sp³-hybridized carbons (Fsp3) is 0.462. The van der Waals surface area contributed by atoms with E-state index < -0.39 is 0 Å². The number of hydrogen-bond acceptors (Lipinski definition) is 1. The Bertz CT molecular complexity index is 385. The van der Waals surface area contributed by atoms with Gasteiger partial charge in [-0.05, 0) is 19.9 Å². The SMILES string of the molecule is CC.CN1C(=O)Nc2ccccc2C1(C)C. The molecule has 1 aliphatic rings. The minimum Gasteiger partial charge on any atom is -0.318 e. The molecule has 0 radical (unpaired) electrons. The van der Waals surface area contributed by atoms with Crippen molar-refractivity contribution >= 4 is 11.7 Å². The summed E-state index contributed by atoms with van der Waals surface area (Å²) < 4.78 is 0. The number of rotatable bonds is 0. The maximum atomic E-state index is 11.6. The van der Waals surface area contributed by atoms with Crippen molar-refractivity contribution in [3.05, 3.63) is 29.8 Å². The van der Waals surface area contributed by atoms with Gasteiger partial charge in [-0.25, -0.2) is 4.79 Å². The molecule has 1 heterocycles. The van der Waals surface area contributed by atoms with Crippen LogP contribution in [0.15, 0.2) is 24.3 Å². The van der Waals surface area contributed by atoms with E-state index in [1.54, 1.807) is 4.90 Å². The summed E-state index contributed by atoms with van der Waals surface area (Å²) >= 11 is 0. The second kappa shape index (κ2) is 4.56. The minimum atomic E-state index is -0.237. The minimum absolute atomic E-state index is 0.0475. The van der Waals surface area contributed by atoms with Gasteiger partial charge in [0.15, 0.2) is 0 Å². The molecule has 1 N–H and O–H groups in total. The van der Waals surface area contributed by atoms with E-state index in [1.807, 2.05) is 59.0 Å². The van der Waals surface area contributed by atoms with Crippen LogP contribution in [0.25, 0.3) is 0 Å². The van der Waals surface area contributed by atoms with Gasteiger partial charge in [-0.3, -0.25) is 0 Å². The number of nitrogens with zero attached hydrogens (tertiary/aromatic N) is 1. The number of amides is 2. The van der Waals surface area contributed by atoms with Crippen LogP contribution in [0.4, 0.5) is 10.5 Å². The molecule has 88 valence electrons. The number of fused-ring (bicyclic) bond motifs is 1. The lowest BCUT2D eigenvalue weighted by molar-refractivity contribution is 0.164. The quantitative estimate of drug-likeness (QED) is 0.713. The highest BCUT2D eigenvalue weighted by Gasteiger charge is 2.35. The third kappa shape index (κ3) is 1.90. The number of nitrogens with one attached hydrogen (secondary N) is 1. The van der Waals surface area contributed by atoms with Crippen molar-refractivity contribution in [2.45, 2.75) is 33.2 Å². The fourth-order valence-electron chi connectivity index (χ4n) is 1.76. The summed E-state index contributed by atoms with van der Waals surface area (Å²) in [5.74, 6) is 0. The summed E-state index contributed by atoms with van der Waals surface area (Å²) in [6.45, 7) is 8.09. The number of carbonyl (C=O) groups excluding carboxylic acids is 1. The van der Waals surface area contributed by atoms with E-state index in [2.05, 4.69) is 5.32 Å². The van der Waals surface area contributed by atoms with E-state index in [4.69, 9.17) is 0 Å². The van der Waals surface area contributed by atoms with Gasteiger partial charge in [-0.15, -0.1) is 0 Å². The number of carbonyl (C=O) groups is 1. The van der Waals surface area contributed by atoms with Crippen LogP contribution in [0, 0.1) is 0 Å². The lowest BCUT2D eigenvalue weighted by atomic mass is 9.89. The van der Waals surface area contributed by atoms with Gasteiger partial charge < -0.3 is 10.2 Å². The predicted molar refractivity (Wildman–Crippen MR) is 67.6 cm³/mol. The highest BCUT2D eigenvalue weighted by atomic mass is 16.2. The molecule has 0 unspecified atom stereocenters. The lowest BCUT2D eigenvalue weighted by Crippen LogP contribution is -2.49. The smallest absolute Gasteiger partial charge is 0.318 e. The molecule has 0 spiro atoms. The average molecular weight is 220 g/mol. The molecule has 2 amide bonds. The number of para-hydroxylation sites is 1. The highest BCUT2D eigenvalue weighted by Crippen LogP contribution is 2.36. The lowest BCUT2D eigenvalue weighted by Gasteiger charge is -2.41. The zero-order chi connectivity index (χ0) is 12.3. The highest BCUT2D eigenvalue weighted by molar-refractivity contribution is 5.93. The van der Waals surface area contributed by atoms with Crippen molar-refractivity contribution in [1.29, 1.82) is 0 Å². The molecule has 1 aliphatic heterocycles. The first-order valence-electron chi connectivity index (χ1n) is 5.68. The Hall–Kier alpha value is -1.51.